The standard InChI is InChI=1S/C25H23N7OS/c1-16-20(17(2)31-24(26-16)28-25(30-31)34-3)14-23(33)27-22-15-21(18-10-6-4-7-11-18)29-32(22)19-12-8-5-9-13-19/h4-13,15H,14H2,1-3H3,(H,27,33). The summed E-state index contributed by atoms with van der Waals surface area (Å²) in [6, 6.07) is 21.5. The molecule has 0 atom stereocenters. The zero-order chi connectivity index (χ0) is 23.7. The van der Waals surface area contributed by atoms with E-state index in [9.17, 15) is 4.79 Å². The molecule has 34 heavy (non-hydrogen) atoms. The van der Waals surface area contributed by atoms with Crippen LogP contribution in [0.25, 0.3) is 22.7 Å². The molecule has 0 aliphatic heterocycles. The van der Waals surface area contributed by atoms with Gasteiger partial charge in [0.05, 0.1) is 17.8 Å². The molecule has 3 aromatic heterocycles. The first-order chi connectivity index (χ1) is 16.5. The molecular weight excluding hydrogens is 446 g/mol. The van der Waals surface area contributed by atoms with Crippen molar-refractivity contribution in [1.29, 1.82) is 0 Å². The summed E-state index contributed by atoms with van der Waals surface area (Å²) in [5.41, 5.74) is 5.07. The summed E-state index contributed by atoms with van der Waals surface area (Å²) in [6.45, 7) is 3.83. The number of hydrogen-bond acceptors (Lipinski definition) is 6. The Morgan fingerprint density at radius 2 is 1.68 bits per heavy atom. The minimum absolute atomic E-state index is 0.158. The first-order valence-electron chi connectivity index (χ1n) is 10.8. The van der Waals surface area contributed by atoms with Crippen LogP contribution in [0.5, 0.6) is 0 Å². The third-order valence-corrected chi connectivity index (χ3v) is 6.13. The fourth-order valence-electron chi connectivity index (χ4n) is 3.87. The van der Waals surface area contributed by atoms with Crippen molar-refractivity contribution in [2.75, 3.05) is 11.6 Å². The molecule has 0 radical (unpaired) electrons. The predicted molar refractivity (Wildman–Crippen MR) is 133 cm³/mol. The van der Waals surface area contributed by atoms with Gasteiger partial charge < -0.3 is 5.32 Å². The SMILES string of the molecule is CSc1nc2nc(C)c(CC(=O)Nc3cc(-c4ccccc4)nn3-c3ccccc3)c(C)n2n1. The first-order valence-corrected chi connectivity index (χ1v) is 12.0. The van der Waals surface area contributed by atoms with Crippen molar-refractivity contribution in [1.82, 2.24) is 29.4 Å². The second-order valence-electron chi connectivity index (χ2n) is 7.82. The molecular formula is C25H23N7OS. The van der Waals surface area contributed by atoms with Crippen molar-refractivity contribution < 1.29 is 4.79 Å². The van der Waals surface area contributed by atoms with Gasteiger partial charge in [-0.05, 0) is 32.2 Å². The molecule has 8 nitrogen and oxygen atoms in total. The lowest BCUT2D eigenvalue weighted by atomic mass is 10.1. The first kappa shape index (κ1) is 21.8. The maximum atomic E-state index is 13.2. The Labute approximate surface area is 201 Å². The third-order valence-electron chi connectivity index (χ3n) is 5.60. The molecule has 0 spiro atoms. The monoisotopic (exact) mass is 469 g/mol. The van der Waals surface area contributed by atoms with E-state index in [1.807, 2.05) is 86.8 Å². The predicted octanol–water partition coefficient (Wildman–Crippen LogP) is 4.50. The smallest absolute Gasteiger partial charge is 0.253 e. The van der Waals surface area contributed by atoms with Gasteiger partial charge >= 0.3 is 0 Å². The zero-order valence-corrected chi connectivity index (χ0v) is 19.9. The molecule has 0 saturated heterocycles. The minimum Gasteiger partial charge on any atom is -0.310 e. The van der Waals surface area contributed by atoms with Crippen LogP contribution in [0.2, 0.25) is 0 Å². The molecule has 3 heterocycles. The van der Waals surface area contributed by atoms with Crippen LogP contribution in [0.15, 0.2) is 71.9 Å². The molecule has 1 amide bonds. The molecule has 0 bridgehead atoms. The number of rotatable bonds is 6. The molecule has 0 unspecified atom stereocenters. The summed E-state index contributed by atoms with van der Waals surface area (Å²) in [5, 5.41) is 12.9. The summed E-state index contributed by atoms with van der Waals surface area (Å²) < 4.78 is 3.45. The highest BCUT2D eigenvalue weighted by Gasteiger charge is 2.18. The molecule has 170 valence electrons. The highest BCUT2D eigenvalue weighted by molar-refractivity contribution is 7.98. The lowest BCUT2D eigenvalue weighted by molar-refractivity contribution is -0.115. The number of aromatic nitrogens is 6. The van der Waals surface area contributed by atoms with E-state index < -0.39 is 0 Å². The van der Waals surface area contributed by atoms with Crippen LogP contribution in [-0.4, -0.2) is 41.5 Å². The van der Waals surface area contributed by atoms with Gasteiger partial charge in [0.1, 0.15) is 5.82 Å². The van der Waals surface area contributed by atoms with E-state index in [-0.39, 0.29) is 12.3 Å². The Morgan fingerprint density at radius 3 is 2.38 bits per heavy atom. The molecule has 0 aliphatic carbocycles. The summed E-state index contributed by atoms with van der Waals surface area (Å²) in [7, 11) is 0. The van der Waals surface area contributed by atoms with Gasteiger partial charge in [-0.2, -0.15) is 10.1 Å². The van der Waals surface area contributed by atoms with E-state index in [1.165, 1.54) is 11.8 Å². The number of aryl methyl sites for hydroxylation is 2. The van der Waals surface area contributed by atoms with Gasteiger partial charge in [-0.3, -0.25) is 4.79 Å². The van der Waals surface area contributed by atoms with Crippen LogP contribution in [0, 0.1) is 13.8 Å². The van der Waals surface area contributed by atoms with E-state index in [4.69, 9.17) is 5.10 Å². The Morgan fingerprint density at radius 1 is 0.971 bits per heavy atom. The Kier molecular flexibility index (Phi) is 5.85. The van der Waals surface area contributed by atoms with Crippen molar-refractivity contribution >= 4 is 29.3 Å². The van der Waals surface area contributed by atoms with Crippen LogP contribution < -0.4 is 5.32 Å². The largest absolute Gasteiger partial charge is 0.310 e. The van der Waals surface area contributed by atoms with Crippen molar-refractivity contribution in [2.45, 2.75) is 25.4 Å². The molecule has 0 aliphatic rings. The number of carbonyl (C=O) groups excluding carboxylic acids is 1. The second kappa shape index (κ2) is 9.11. The van der Waals surface area contributed by atoms with Crippen LogP contribution in [0.4, 0.5) is 5.82 Å². The van der Waals surface area contributed by atoms with E-state index in [1.54, 1.807) is 9.20 Å². The van der Waals surface area contributed by atoms with Crippen LogP contribution in [-0.2, 0) is 11.2 Å². The number of carbonyl (C=O) groups is 1. The number of fused-ring (bicyclic) bond motifs is 1. The minimum atomic E-state index is -0.158. The third kappa shape index (κ3) is 4.17. The maximum absolute atomic E-state index is 13.2. The summed E-state index contributed by atoms with van der Waals surface area (Å²) in [4.78, 5) is 22.1. The molecule has 5 rings (SSSR count). The zero-order valence-electron chi connectivity index (χ0n) is 19.1. The van der Waals surface area contributed by atoms with Crippen LogP contribution in [0.1, 0.15) is 17.0 Å². The molecule has 9 heteroatoms. The van der Waals surface area contributed by atoms with Crippen molar-refractivity contribution in [3.63, 3.8) is 0 Å². The summed E-state index contributed by atoms with van der Waals surface area (Å²) in [5.74, 6) is 0.984. The Bertz CT molecular complexity index is 1480. The topological polar surface area (TPSA) is 90.0 Å². The molecule has 2 aromatic carbocycles. The van der Waals surface area contributed by atoms with Gasteiger partial charge in [0, 0.05) is 28.6 Å². The fraction of sp³-hybridized carbons (Fsp3) is 0.160. The Balaban J connectivity index is 1.47. The van der Waals surface area contributed by atoms with Gasteiger partial charge in [-0.15, -0.1) is 5.10 Å². The number of benzene rings is 2. The average Bonchev–Trinajstić information content (AvgIpc) is 3.47. The molecule has 1 N–H and O–H groups in total. The average molecular weight is 470 g/mol. The molecule has 0 fully saturated rings. The highest BCUT2D eigenvalue weighted by atomic mass is 32.2. The van der Waals surface area contributed by atoms with Crippen LogP contribution in [0.3, 0.4) is 0 Å². The second-order valence-corrected chi connectivity index (χ2v) is 8.60. The number of amides is 1. The van der Waals surface area contributed by atoms with E-state index in [0.717, 1.165) is 33.9 Å². The number of thioether (sulfide) groups is 1. The molecule has 0 saturated carbocycles. The maximum Gasteiger partial charge on any atom is 0.253 e. The van der Waals surface area contributed by atoms with E-state index >= 15 is 0 Å². The quantitative estimate of drug-likeness (QED) is 0.368. The highest BCUT2D eigenvalue weighted by Crippen LogP contribution is 2.25. The van der Waals surface area contributed by atoms with Gasteiger partial charge in [-0.1, -0.05) is 60.3 Å². The van der Waals surface area contributed by atoms with E-state index in [2.05, 4.69) is 20.4 Å². The summed E-state index contributed by atoms with van der Waals surface area (Å²) >= 11 is 1.46. The summed E-state index contributed by atoms with van der Waals surface area (Å²) in [6.07, 6.45) is 2.08. The Hall–Kier alpha value is -3.98. The van der Waals surface area contributed by atoms with Gasteiger partial charge in [0.2, 0.25) is 11.1 Å². The lowest BCUT2D eigenvalue weighted by Crippen LogP contribution is -2.19. The normalized spacial score (nSPS) is 11.1. The lowest BCUT2D eigenvalue weighted by Gasteiger charge is -2.12. The van der Waals surface area contributed by atoms with Gasteiger partial charge in [0.15, 0.2) is 0 Å². The van der Waals surface area contributed by atoms with Crippen molar-refractivity contribution in [2.24, 2.45) is 0 Å². The van der Waals surface area contributed by atoms with Crippen molar-refractivity contribution in [3.05, 3.63) is 83.7 Å². The fourth-order valence-corrected chi connectivity index (χ4v) is 4.20. The molecule has 5 aromatic rings. The van der Waals surface area contributed by atoms with Gasteiger partial charge in [-0.25, -0.2) is 14.2 Å². The van der Waals surface area contributed by atoms with Crippen LogP contribution >= 0.6 is 11.8 Å². The van der Waals surface area contributed by atoms with E-state index in [0.29, 0.717) is 16.8 Å². The number of hydrogen-bond donors (Lipinski definition) is 1. The number of nitrogens with zero attached hydrogens (tertiary/aromatic N) is 6. The van der Waals surface area contributed by atoms with Gasteiger partial charge in [0.25, 0.3) is 5.78 Å². The van der Waals surface area contributed by atoms with Crippen molar-refractivity contribution in [3.8, 4) is 16.9 Å². The number of para-hydroxylation sites is 1. The number of nitrogens with one attached hydrogen (secondary N) is 1. The number of anilines is 1.